The van der Waals surface area contributed by atoms with Crippen LogP contribution in [0.4, 0.5) is 0 Å². The highest BCUT2D eigenvalue weighted by atomic mass is 35.5. The lowest BCUT2D eigenvalue weighted by molar-refractivity contribution is -0.132. The van der Waals surface area contributed by atoms with E-state index in [0.717, 1.165) is 0 Å². The number of hydrogen-bond donors (Lipinski definition) is 1. The van der Waals surface area contributed by atoms with Crippen molar-refractivity contribution in [1.29, 1.82) is 5.41 Å². The Kier molecular flexibility index (Phi) is 3.38. The van der Waals surface area contributed by atoms with E-state index >= 15 is 0 Å². The van der Waals surface area contributed by atoms with Gasteiger partial charge in [-0.3, -0.25) is 9.59 Å². The van der Waals surface area contributed by atoms with Crippen LogP contribution in [0.25, 0.3) is 0 Å². The van der Waals surface area contributed by atoms with Crippen molar-refractivity contribution in [1.82, 2.24) is 0 Å². The summed E-state index contributed by atoms with van der Waals surface area (Å²) in [6, 6.07) is 6.64. The summed E-state index contributed by atoms with van der Waals surface area (Å²) in [5.74, 6) is -1.15. The zero-order valence-electron chi connectivity index (χ0n) is 9.20. The van der Waals surface area contributed by atoms with Crippen LogP contribution in [0, 0.1) is 11.3 Å². The number of halogens is 1. The number of carbonyl (C=O) groups is 2. The molecule has 0 amide bonds. The first-order valence-corrected chi connectivity index (χ1v) is 5.87. The Bertz CT molecular complexity index is 463. The van der Waals surface area contributed by atoms with Crippen LogP contribution in [0.3, 0.4) is 0 Å². The van der Waals surface area contributed by atoms with E-state index in [1.165, 1.54) is 0 Å². The molecule has 1 N–H and O–H groups in total. The van der Waals surface area contributed by atoms with Gasteiger partial charge in [-0.2, -0.15) is 0 Å². The Morgan fingerprint density at radius 1 is 1.12 bits per heavy atom. The van der Waals surface area contributed by atoms with Crippen molar-refractivity contribution in [3.8, 4) is 0 Å². The number of hydrogen-bond acceptors (Lipinski definition) is 3. The molecule has 0 aliphatic heterocycles. The van der Waals surface area contributed by atoms with Crippen LogP contribution in [0.5, 0.6) is 0 Å². The smallest absolute Gasteiger partial charge is 0.149 e. The fourth-order valence-corrected chi connectivity index (χ4v) is 2.15. The Morgan fingerprint density at radius 3 is 2.18 bits per heavy atom. The third-order valence-electron chi connectivity index (χ3n) is 2.93. The van der Waals surface area contributed by atoms with E-state index in [0.29, 0.717) is 29.8 Å². The predicted molar refractivity (Wildman–Crippen MR) is 65.6 cm³/mol. The molecule has 1 aromatic rings. The van der Waals surface area contributed by atoms with Gasteiger partial charge in [-0.15, -0.1) is 0 Å². The minimum Gasteiger partial charge on any atom is -0.303 e. The van der Waals surface area contributed by atoms with Crippen molar-refractivity contribution in [2.45, 2.75) is 19.3 Å². The number of rotatable bonds is 2. The first-order valence-electron chi connectivity index (χ1n) is 5.49. The van der Waals surface area contributed by atoms with E-state index in [1.807, 2.05) is 0 Å². The number of Topliss-reactive ketones (excluding diaryl/α,β-unsaturated/α-hetero) is 2. The molecule has 17 heavy (non-hydrogen) atoms. The summed E-state index contributed by atoms with van der Waals surface area (Å²) in [6.45, 7) is 0. The molecule has 4 heteroatoms. The quantitative estimate of drug-likeness (QED) is 0.647. The lowest BCUT2D eigenvalue weighted by Crippen LogP contribution is -2.35. The van der Waals surface area contributed by atoms with E-state index in [4.69, 9.17) is 17.0 Å². The minimum atomic E-state index is -0.870. The van der Waals surface area contributed by atoms with E-state index in [2.05, 4.69) is 0 Å². The topological polar surface area (TPSA) is 58.0 Å². The van der Waals surface area contributed by atoms with Gasteiger partial charge in [0, 0.05) is 17.9 Å². The standard InChI is InChI=1S/C13H12ClNO2/c14-9-6-4-8(5-7-9)13(15)12-10(16)2-1-3-11(12)17/h4-7,12,15H,1-3H2. The molecule has 0 atom stereocenters. The average Bonchev–Trinajstić information content (AvgIpc) is 2.29. The second-order valence-corrected chi connectivity index (χ2v) is 4.58. The van der Waals surface area contributed by atoms with Crippen LogP contribution in [0.15, 0.2) is 24.3 Å². The molecular formula is C13H12ClNO2. The van der Waals surface area contributed by atoms with Gasteiger partial charge < -0.3 is 5.41 Å². The molecule has 2 rings (SSSR count). The zero-order chi connectivity index (χ0) is 12.4. The summed E-state index contributed by atoms with van der Waals surface area (Å²) in [6.07, 6.45) is 1.40. The fourth-order valence-electron chi connectivity index (χ4n) is 2.02. The van der Waals surface area contributed by atoms with Crippen LogP contribution >= 0.6 is 11.6 Å². The maximum Gasteiger partial charge on any atom is 0.149 e. The van der Waals surface area contributed by atoms with Gasteiger partial charge in [0.25, 0.3) is 0 Å². The number of nitrogens with one attached hydrogen (secondary N) is 1. The molecule has 0 unspecified atom stereocenters. The lowest BCUT2D eigenvalue weighted by Gasteiger charge is -2.20. The Labute approximate surface area is 104 Å². The number of benzene rings is 1. The molecule has 1 aliphatic rings. The second-order valence-electron chi connectivity index (χ2n) is 4.14. The lowest BCUT2D eigenvalue weighted by atomic mass is 9.81. The summed E-state index contributed by atoms with van der Waals surface area (Å²) in [5.41, 5.74) is 0.680. The van der Waals surface area contributed by atoms with Crippen LogP contribution < -0.4 is 0 Å². The van der Waals surface area contributed by atoms with Gasteiger partial charge in [-0.1, -0.05) is 23.7 Å². The molecule has 0 bridgehead atoms. The maximum atomic E-state index is 11.7. The maximum absolute atomic E-state index is 11.7. The first kappa shape index (κ1) is 12.0. The highest BCUT2D eigenvalue weighted by molar-refractivity contribution is 6.31. The predicted octanol–water partition coefficient (Wildman–Crippen LogP) is 2.65. The van der Waals surface area contributed by atoms with E-state index in [9.17, 15) is 9.59 Å². The van der Waals surface area contributed by atoms with Gasteiger partial charge in [0.1, 0.15) is 17.5 Å². The van der Waals surface area contributed by atoms with Crippen LogP contribution in [0.2, 0.25) is 5.02 Å². The molecule has 0 spiro atoms. The molecule has 88 valence electrons. The van der Waals surface area contributed by atoms with Crippen molar-refractivity contribution >= 4 is 28.9 Å². The van der Waals surface area contributed by atoms with Gasteiger partial charge >= 0.3 is 0 Å². The first-order chi connectivity index (χ1) is 8.09. The minimum absolute atomic E-state index is 0.0939. The van der Waals surface area contributed by atoms with E-state index in [1.54, 1.807) is 24.3 Å². The second kappa shape index (κ2) is 4.80. The summed E-state index contributed by atoms with van der Waals surface area (Å²) in [4.78, 5) is 23.4. The largest absolute Gasteiger partial charge is 0.303 e. The van der Waals surface area contributed by atoms with Gasteiger partial charge in [0.05, 0.1) is 5.71 Å². The molecule has 1 aromatic carbocycles. The average molecular weight is 250 g/mol. The Balaban J connectivity index is 2.27. The molecule has 0 saturated heterocycles. The molecular weight excluding hydrogens is 238 g/mol. The summed E-state index contributed by atoms with van der Waals surface area (Å²) in [7, 11) is 0. The molecule has 0 aromatic heterocycles. The molecule has 0 radical (unpaired) electrons. The summed E-state index contributed by atoms with van der Waals surface area (Å²) in [5, 5.41) is 8.54. The van der Waals surface area contributed by atoms with E-state index < -0.39 is 5.92 Å². The van der Waals surface area contributed by atoms with Gasteiger partial charge in [-0.05, 0) is 24.1 Å². The Morgan fingerprint density at radius 2 is 1.65 bits per heavy atom. The van der Waals surface area contributed by atoms with E-state index in [-0.39, 0.29) is 17.3 Å². The van der Waals surface area contributed by atoms with Crippen molar-refractivity contribution in [3.05, 3.63) is 34.9 Å². The Hall–Kier alpha value is -1.48. The third kappa shape index (κ3) is 2.44. The number of ketones is 2. The number of carbonyl (C=O) groups excluding carboxylic acids is 2. The highest BCUT2D eigenvalue weighted by Crippen LogP contribution is 2.22. The monoisotopic (exact) mass is 249 g/mol. The molecule has 3 nitrogen and oxygen atoms in total. The van der Waals surface area contributed by atoms with Crippen LogP contribution in [0.1, 0.15) is 24.8 Å². The molecule has 1 saturated carbocycles. The third-order valence-corrected chi connectivity index (χ3v) is 3.19. The van der Waals surface area contributed by atoms with Crippen molar-refractivity contribution < 1.29 is 9.59 Å². The van der Waals surface area contributed by atoms with Gasteiger partial charge in [-0.25, -0.2) is 0 Å². The normalized spacial score (nSPS) is 17.2. The van der Waals surface area contributed by atoms with Crippen molar-refractivity contribution in [3.63, 3.8) is 0 Å². The summed E-state index contributed by atoms with van der Waals surface area (Å²) >= 11 is 5.76. The molecule has 1 fully saturated rings. The van der Waals surface area contributed by atoms with Crippen LogP contribution in [-0.4, -0.2) is 17.3 Å². The molecule has 1 aliphatic carbocycles. The molecule has 0 heterocycles. The fraction of sp³-hybridized carbons (Fsp3) is 0.308. The van der Waals surface area contributed by atoms with Gasteiger partial charge in [0.2, 0.25) is 0 Å². The SMILES string of the molecule is N=C(c1ccc(Cl)cc1)C1C(=O)CCCC1=O. The summed E-state index contributed by atoms with van der Waals surface area (Å²) < 4.78 is 0. The highest BCUT2D eigenvalue weighted by Gasteiger charge is 2.33. The zero-order valence-corrected chi connectivity index (χ0v) is 9.96. The van der Waals surface area contributed by atoms with Crippen LogP contribution in [-0.2, 0) is 9.59 Å². The van der Waals surface area contributed by atoms with Crippen molar-refractivity contribution in [2.24, 2.45) is 5.92 Å². The van der Waals surface area contributed by atoms with Gasteiger partial charge in [0.15, 0.2) is 0 Å². The van der Waals surface area contributed by atoms with Crippen molar-refractivity contribution in [2.75, 3.05) is 0 Å².